The topological polar surface area (TPSA) is 38.3 Å². The number of benzene rings is 1. The summed E-state index contributed by atoms with van der Waals surface area (Å²) in [6.45, 7) is 6.77. The van der Waals surface area contributed by atoms with E-state index in [0.717, 1.165) is 34.4 Å². The lowest BCUT2D eigenvalue weighted by molar-refractivity contribution is -0.128. The number of thioether (sulfide) groups is 1. The minimum absolute atomic E-state index is 0.00245. The number of nitrogens with one attached hydrogen (secondary N) is 1. The van der Waals surface area contributed by atoms with Crippen LogP contribution in [0.5, 0.6) is 5.75 Å². The van der Waals surface area contributed by atoms with Crippen LogP contribution < -0.4 is 10.1 Å². The Morgan fingerprint density at radius 3 is 2.75 bits per heavy atom. The molecule has 1 saturated carbocycles. The van der Waals surface area contributed by atoms with Gasteiger partial charge < -0.3 is 10.1 Å². The van der Waals surface area contributed by atoms with E-state index in [9.17, 15) is 4.79 Å². The highest BCUT2D eigenvalue weighted by molar-refractivity contribution is 7.99. The summed E-state index contributed by atoms with van der Waals surface area (Å²) in [5.41, 5.74) is 2.22. The maximum Gasteiger partial charge on any atom is 0.261 e. The number of amides is 1. The highest BCUT2D eigenvalue weighted by Crippen LogP contribution is 2.27. The van der Waals surface area contributed by atoms with E-state index in [1.165, 1.54) is 32.1 Å². The van der Waals surface area contributed by atoms with Gasteiger partial charge in [0.05, 0.1) is 0 Å². The van der Waals surface area contributed by atoms with Crippen molar-refractivity contribution in [3.05, 3.63) is 29.3 Å². The fourth-order valence-corrected chi connectivity index (χ4v) is 4.28. The molecule has 1 fully saturated rings. The fraction of sp³-hybridized carbons (Fsp3) is 0.650. The first-order valence-electron chi connectivity index (χ1n) is 9.23. The van der Waals surface area contributed by atoms with Crippen molar-refractivity contribution >= 4 is 17.7 Å². The first-order valence-corrected chi connectivity index (χ1v) is 10.3. The van der Waals surface area contributed by atoms with E-state index in [1.807, 2.05) is 44.7 Å². The zero-order valence-electron chi connectivity index (χ0n) is 15.3. The predicted molar refractivity (Wildman–Crippen MR) is 103 cm³/mol. The smallest absolute Gasteiger partial charge is 0.261 e. The molecule has 1 N–H and O–H groups in total. The molecule has 0 aliphatic heterocycles. The van der Waals surface area contributed by atoms with Crippen LogP contribution in [0.3, 0.4) is 0 Å². The lowest BCUT2D eigenvalue weighted by Gasteiger charge is -2.22. The first kappa shape index (κ1) is 19.2. The Hall–Kier alpha value is -1.16. The van der Waals surface area contributed by atoms with Crippen molar-refractivity contribution < 1.29 is 9.53 Å². The zero-order valence-corrected chi connectivity index (χ0v) is 16.1. The molecule has 0 radical (unpaired) electrons. The summed E-state index contributed by atoms with van der Waals surface area (Å²) < 4.78 is 5.97. The van der Waals surface area contributed by atoms with Crippen molar-refractivity contribution in [2.45, 2.75) is 70.7 Å². The van der Waals surface area contributed by atoms with Crippen LogP contribution in [0.25, 0.3) is 0 Å². The molecule has 1 amide bonds. The van der Waals surface area contributed by atoms with Crippen molar-refractivity contribution in [2.75, 3.05) is 12.3 Å². The average molecular weight is 350 g/mol. The number of carbonyl (C=O) groups excluding carboxylic acids is 1. The Morgan fingerprint density at radius 2 is 2.04 bits per heavy atom. The van der Waals surface area contributed by atoms with Crippen LogP contribution in [-0.4, -0.2) is 29.6 Å². The summed E-state index contributed by atoms with van der Waals surface area (Å²) in [7, 11) is 0. The Morgan fingerprint density at radius 1 is 1.29 bits per heavy atom. The van der Waals surface area contributed by atoms with Crippen molar-refractivity contribution in [1.82, 2.24) is 5.32 Å². The van der Waals surface area contributed by atoms with Crippen molar-refractivity contribution in [3.8, 4) is 5.75 Å². The van der Waals surface area contributed by atoms with Crippen LogP contribution in [0.2, 0.25) is 0 Å². The number of hydrogen-bond donors (Lipinski definition) is 1. The van der Waals surface area contributed by atoms with Gasteiger partial charge in [0.2, 0.25) is 0 Å². The molecule has 0 aromatic heterocycles. The maximum atomic E-state index is 12.4. The molecule has 4 heteroatoms. The second-order valence-corrected chi connectivity index (χ2v) is 8.11. The van der Waals surface area contributed by atoms with E-state index in [-0.39, 0.29) is 5.91 Å². The minimum atomic E-state index is -0.412. The van der Waals surface area contributed by atoms with E-state index >= 15 is 0 Å². The molecular formula is C20H31NO2S. The normalized spacial score (nSPS) is 16.6. The molecule has 1 aliphatic carbocycles. The molecule has 3 nitrogen and oxygen atoms in total. The molecule has 0 spiro atoms. The Kier molecular flexibility index (Phi) is 7.97. The molecule has 1 atom stereocenters. The molecule has 0 heterocycles. The highest BCUT2D eigenvalue weighted by Gasteiger charge is 2.19. The van der Waals surface area contributed by atoms with Crippen LogP contribution in [0, 0.1) is 13.8 Å². The van der Waals surface area contributed by atoms with Crippen molar-refractivity contribution in [3.63, 3.8) is 0 Å². The third-order valence-electron chi connectivity index (χ3n) is 4.58. The van der Waals surface area contributed by atoms with Crippen LogP contribution in [0.4, 0.5) is 0 Å². The van der Waals surface area contributed by atoms with Gasteiger partial charge in [0.1, 0.15) is 5.75 Å². The number of aryl methyl sites for hydroxylation is 2. The number of rotatable bonds is 8. The van der Waals surface area contributed by atoms with Crippen LogP contribution in [0.15, 0.2) is 18.2 Å². The van der Waals surface area contributed by atoms with Gasteiger partial charge in [-0.3, -0.25) is 4.79 Å². The fourth-order valence-electron chi connectivity index (χ4n) is 3.06. The van der Waals surface area contributed by atoms with E-state index in [2.05, 4.69) is 11.4 Å². The monoisotopic (exact) mass is 349 g/mol. The third kappa shape index (κ3) is 6.04. The number of ether oxygens (including phenoxy) is 1. The molecule has 1 unspecified atom stereocenters. The van der Waals surface area contributed by atoms with Gasteiger partial charge in [-0.15, -0.1) is 0 Å². The van der Waals surface area contributed by atoms with Gasteiger partial charge in [0.25, 0.3) is 5.91 Å². The zero-order chi connectivity index (χ0) is 17.4. The van der Waals surface area contributed by atoms with E-state index in [4.69, 9.17) is 4.74 Å². The van der Waals surface area contributed by atoms with Gasteiger partial charge in [-0.25, -0.2) is 0 Å². The molecule has 1 aromatic carbocycles. The van der Waals surface area contributed by atoms with Gasteiger partial charge >= 0.3 is 0 Å². The Labute approximate surface area is 150 Å². The molecule has 1 aliphatic rings. The number of carbonyl (C=O) groups is 1. The first-order chi connectivity index (χ1) is 11.6. The molecule has 24 heavy (non-hydrogen) atoms. The molecule has 0 saturated heterocycles. The van der Waals surface area contributed by atoms with Crippen molar-refractivity contribution in [2.24, 2.45) is 0 Å². The molecule has 134 valence electrons. The third-order valence-corrected chi connectivity index (χ3v) is 5.97. The summed E-state index contributed by atoms with van der Waals surface area (Å²) in [5.74, 6) is 1.81. The molecule has 1 aromatic rings. The van der Waals surface area contributed by atoms with Gasteiger partial charge in [-0.05, 0) is 50.3 Å². The molecule has 0 bridgehead atoms. The second kappa shape index (κ2) is 9.97. The lowest BCUT2D eigenvalue weighted by Crippen LogP contribution is -2.39. The minimum Gasteiger partial charge on any atom is -0.480 e. The van der Waals surface area contributed by atoms with E-state index in [0.29, 0.717) is 6.42 Å². The van der Waals surface area contributed by atoms with Gasteiger partial charge in [0.15, 0.2) is 6.10 Å². The standard InChI is InChI=1S/C20H31NO2S/c1-4-18(23-19-14-15(2)10-11-16(19)3)20(22)21-12-13-24-17-8-6-5-7-9-17/h10-11,14,17-18H,4-9,12-13H2,1-3H3,(H,21,22). The van der Waals surface area contributed by atoms with E-state index in [1.54, 1.807) is 0 Å². The Balaban J connectivity index is 1.75. The van der Waals surface area contributed by atoms with E-state index < -0.39 is 6.10 Å². The van der Waals surface area contributed by atoms with Gasteiger partial charge in [-0.2, -0.15) is 11.8 Å². The quantitative estimate of drug-likeness (QED) is 0.695. The lowest BCUT2D eigenvalue weighted by atomic mass is 10.0. The molecular weight excluding hydrogens is 318 g/mol. The largest absolute Gasteiger partial charge is 0.480 e. The van der Waals surface area contributed by atoms with Crippen LogP contribution in [0.1, 0.15) is 56.6 Å². The predicted octanol–water partition coefficient (Wildman–Crippen LogP) is 4.64. The SMILES string of the molecule is CCC(Oc1cc(C)ccc1C)C(=O)NCCSC1CCCCC1. The summed E-state index contributed by atoms with van der Waals surface area (Å²) >= 11 is 2.01. The molecule has 2 rings (SSSR count). The van der Waals surface area contributed by atoms with Crippen molar-refractivity contribution in [1.29, 1.82) is 0 Å². The average Bonchev–Trinajstić information content (AvgIpc) is 2.60. The van der Waals surface area contributed by atoms with Gasteiger partial charge in [0, 0.05) is 17.5 Å². The Bertz CT molecular complexity index is 526. The maximum absolute atomic E-state index is 12.4. The van der Waals surface area contributed by atoms with Crippen LogP contribution in [-0.2, 0) is 4.79 Å². The summed E-state index contributed by atoms with van der Waals surface area (Å²) in [4.78, 5) is 12.4. The second-order valence-electron chi connectivity index (χ2n) is 6.71. The number of hydrogen-bond acceptors (Lipinski definition) is 3. The van der Waals surface area contributed by atoms with Gasteiger partial charge in [-0.1, -0.05) is 38.3 Å². The summed E-state index contributed by atoms with van der Waals surface area (Å²) in [5, 5.41) is 3.84. The van der Waals surface area contributed by atoms with Crippen LogP contribution >= 0.6 is 11.8 Å². The summed E-state index contributed by atoms with van der Waals surface area (Å²) in [6, 6.07) is 6.10. The summed E-state index contributed by atoms with van der Waals surface area (Å²) in [6.07, 6.45) is 7.07. The highest BCUT2D eigenvalue weighted by atomic mass is 32.2.